The quantitative estimate of drug-likeness (QED) is 0.837. The summed E-state index contributed by atoms with van der Waals surface area (Å²) in [6.07, 6.45) is 2.66. The van der Waals surface area contributed by atoms with Crippen LogP contribution in [0, 0.1) is 17.1 Å². The van der Waals surface area contributed by atoms with Gasteiger partial charge in [-0.2, -0.15) is 5.26 Å². The van der Waals surface area contributed by atoms with Gasteiger partial charge in [-0.3, -0.25) is 0 Å². The maximum absolute atomic E-state index is 13.5. The minimum Gasteiger partial charge on any atom is -0.481 e. The zero-order valence-corrected chi connectivity index (χ0v) is 8.49. The van der Waals surface area contributed by atoms with E-state index in [9.17, 15) is 4.39 Å². The van der Waals surface area contributed by atoms with E-state index >= 15 is 0 Å². The highest BCUT2D eigenvalue weighted by molar-refractivity contribution is 5.65. The predicted molar refractivity (Wildman–Crippen MR) is 55.2 cm³/mol. The second-order valence-electron chi connectivity index (χ2n) is 3.12. The molecule has 0 atom stereocenters. The van der Waals surface area contributed by atoms with Gasteiger partial charge in [0.05, 0.1) is 13.3 Å². The number of aromatic amines is 1. The highest BCUT2D eigenvalue weighted by Crippen LogP contribution is 2.25. The van der Waals surface area contributed by atoms with Gasteiger partial charge in [0.2, 0.25) is 5.88 Å². The topological polar surface area (TPSA) is 61.7 Å². The molecule has 0 amide bonds. The second kappa shape index (κ2) is 4.03. The van der Waals surface area contributed by atoms with Crippen molar-refractivity contribution in [3.05, 3.63) is 36.0 Å². The highest BCUT2D eigenvalue weighted by Gasteiger charge is 2.09. The van der Waals surface area contributed by atoms with E-state index in [1.807, 2.05) is 6.07 Å². The van der Waals surface area contributed by atoms with E-state index in [1.165, 1.54) is 13.2 Å². The first kappa shape index (κ1) is 10.2. The molecule has 80 valence electrons. The molecule has 1 N–H and O–H groups in total. The molecule has 0 aliphatic heterocycles. The molecule has 0 unspecified atom stereocenters. The van der Waals surface area contributed by atoms with Crippen LogP contribution in [0.25, 0.3) is 11.1 Å². The van der Waals surface area contributed by atoms with E-state index in [2.05, 4.69) is 9.97 Å². The monoisotopic (exact) mass is 217 g/mol. The molecule has 0 aromatic carbocycles. The van der Waals surface area contributed by atoms with Crippen LogP contribution >= 0.6 is 0 Å². The van der Waals surface area contributed by atoms with Crippen LogP contribution in [0.2, 0.25) is 0 Å². The largest absolute Gasteiger partial charge is 0.481 e. The summed E-state index contributed by atoms with van der Waals surface area (Å²) in [7, 11) is 1.46. The number of nitriles is 1. The van der Waals surface area contributed by atoms with Crippen molar-refractivity contribution >= 4 is 0 Å². The predicted octanol–water partition coefficient (Wildman–Crippen LogP) is 2.10. The summed E-state index contributed by atoms with van der Waals surface area (Å²) in [6, 6.07) is 4.99. The minimum atomic E-state index is -0.454. The molecule has 0 radical (unpaired) electrons. The summed E-state index contributed by atoms with van der Waals surface area (Å²) in [5.41, 5.74) is 1.32. The Morgan fingerprint density at radius 1 is 1.50 bits per heavy atom. The van der Waals surface area contributed by atoms with Crippen LogP contribution in [0.5, 0.6) is 5.88 Å². The van der Waals surface area contributed by atoms with E-state index in [0.717, 1.165) is 6.20 Å². The Labute approximate surface area is 91.3 Å². The number of nitrogens with zero attached hydrogens (tertiary/aromatic N) is 2. The molecular formula is C11H8FN3O. The minimum absolute atomic E-state index is 0.330. The summed E-state index contributed by atoms with van der Waals surface area (Å²) in [5, 5.41) is 8.66. The molecular weight excluding hydrogens is 209 g/mol. The van der Waals surface area contributed by atoms with Gasteiger partial charge in [0.1, 0.15) is 17.6 Å². The molecule has 0 spiro atoms. The zero-order chi connectivity index (χ0) is 11.5. The van der Waals surface area contributed by atoms with Crippen LogP contribution in [0.15, 0.2) is 24.5 Å². The lowest BCUT2D eigenvalue weighted by Crippen LogP contribution is -1.90. The summed E-state index contributed by atoms with van der Waals surface area (Å²) >= 11 is 0. The highest BCUT2D eigenvalue weighted by atomic mass is 19.1. The van der Waals surface area contributed by atoms with E-state index in [4.69, 9.17) is 10.00 Å². The van der Waals surface area contributed by atoms with Gasteiger partial charge >= 0.3 is 0 Å². The Morgan fingerprint density at radius 3 is 2.94 bits per heavy atom. The van der Waals surface area contributed by atoms with Gasteiger partial charge < -0.3 is 9.72 Å². The lowest BCUT2D eigenvalue weighted by Gasteiger charge is -2.02. The van der Waals surface area contributed by atoms with Gasteiger partial charge in [-0.1, -0.05) is 0 Å². The van der Waals surface area contributed by atoms with Crippen molar-refractivity contribution in [2.75, 3.05) is 7.11 Å². The van der Waals surface area contributed by atoms with Crippen molar-refractivity contribution < 1.29 is 9.13 Å². The van der Waals surface area contributed by atoms with Crippen LogP contribution in [-0.4, -0.2) is 17.1 Å². The van der Waals surface area contributed by atoms with Crippen LogP contribution in [0.1, 0.15) is 5.69 Å². The molecule has 5 heteroatoms. The first-order chi connectivity index (χ1) is 7.74. The fourth-order valence-electron chi connectivity index (χ4n) is 1.37. The molecule has 16 heavy (non-hydrogen) atoms. The molecule has 0 saturated carbocycles. The van der Waals surface area contributed by atoms with Gasteiger partial charge in [0.25, 0.3) is 0 Å². The summed E-state index contributed by atoms with van der Waals surface area (Å²) < 4.78 is 18.4. The van der Waals surface area contributed by atoms with E-state index in [-0.39, 0.29) is 0 Å². The lowest BCUT2D eigenvalue weighted by atomic mass is 10.1. The van der Waals surface area contributed by atoms with Crippen molar-refractivity contribution in [3.8, 4) is 23.1 Å². The third-order valence-corrected chi connectivity index (χ3v) is 2.15. The van der Waals surface area contributed by atoms with Crippen molar-refractivity contribution in [3.63, 3.8) is 0 Å². The van der Waals surface area contributed by atoms with Crippen molar-refractivity contribution in [2.45, 2.75) is 0 Å². The zero-order valence-electron chi connectivity index (χ0n) is 8.49. The van der Waals surface area contributed by atoms with Gasteiger partial charge in [0, 0.05) is 23.4 Å². The first-order valence-electron chi connectivity index (χ1n) is 4.53. The second-order valence-corrected chi connectivity index (χ2v) is 3.12. The lowest BCUT2D eigenvalue weighted by molar-refractivity contribution is 0.396. The molecule has 2 aromatic heterocycles. The van der Waals surface area contributed by atoms with Crippen LogP contribution in [0.4, 0.5) is 4.39 Å². The van der Waals surface area contributed by atoms with Crippen LogP contribution < -0.4 is 4.74 Å². The van der Waals surface area contributed by atoms with E-state index < -0.39 is 5.82 Å². The number of methoxy groups -OCH3 is 1. The standard InChI is InChI=1S/C11H8FN3O/c1-16-11-3-9(10(12)6-15-11)7-2-8(4-13)14-5-7/h2-3,5-6,14H,1H3. The van der Waals surface area contributed by atoms with Crippen LogP contribution in [-0.2, 0) is 0 Å². The van der Waals surface area contributed by atoms with Crippen molar-refractivity contribution in [1.82, 2.24) is 9.97 Å². The molecule has 0 bridgehead atoms. The molecule has 0 aliphatic carbocycles. The van der Waals surface area contributed by atoms with Crippen LogP contribution in [0.3, 0.4) is 0 Å². The molecule has 2 rings (SSSR count). The van der Waals surface area contributed by atoms with E-state index in [0.29, 0.717) is 22.7 Å². The van der Waals surface area contributed by atoms with E-state index in [1.54, 1.807) is 12.3 Å². The number of ether oxygens (including phenoxy) is 1. The molecule has 2 aromatic rings. The molecule has 2 heterocycles. The SMILES string of the molecule is COc1cc(-c2c[nH]c(C#N)c2)c(F)cn1. The molecule has 4 nitrogen and oxygen atoms in total. The molecule has 0 saturated heterocycles. The molecule has 0 aliphatic rings. The normalized spacial score (nSPS) is 9.81. The Hall–Kier alpha value is -2.35. The third-order valence-electron chi connectivity index (χ3n) is 2.15. The summed E-state index contributed by atoms with van der Waals surface area (Å²) in [6.45, 7) is 0. The Kier molecular flexibility index (Phi) is 2.56. The average Bonchev–Trinajstić information content (AvgIpc) is 2.78. The number of nitrogens with one attached hydrogen (secondary N) is 1. The summed E-state index contributed by atoms with van der Waals surface area (Å²) in [4.78, 5) is 6.47. The number of hydrogen-bond acceptors (Lipinski definition) is 3. The molecule has 0 fully saturated rings. The number of aromatic nitrogens is 2. The van der Waals surface area contributed by atoms with Crippen molar-refractivity contribution in [2.24, 2.45) is 0 Å². The fraction of sp³-hybridized carbons (Fsp3) is 0.0909. The Balaban J connectivity index is 2.50. The first-order valence-corrected chi connectivity index (χ1v) is 4.53. The van der Waals surface area contributed by atoms with Gasteiger partial charge in [-0.05, 0) is 6.07 Å². The Bertz CT molecular complexity index is 557. The fourth-order valence-corrected chi connectivity index (χ4v) is 1.37. The third kappa shape index (κ3) is 1.73. The van der Waals surface area contributed by atoms with Gasteiger partial charge in [-0.25, -0.2) is 9.37 Å². The number of halogens is 1. The number of rotatable bonds is 2. The maximum atomic E-state index is 13.5. The summed E-state index contributed by atoms with van der Waals surface area (Å²) in [5.74, 6) is -0.125. The number of H-pyrrole nitrogens is 1. The smallest absolute Gasteiger partial charge is 0.213 e. The number of hydrogen-bond donors (Lipinski definition) is 1. The average molecular weight is 217 g/mol. The van der Waals surface area contributed by atoms with Crippen molar-refractivity contribution in [1.29, 1.82) is 5.26 Å². The number of pyridine rings is 1. The van der Waals surface area contributed by atoms with Gasteiger partial charge in [0.15, 0.2) is 0 Å². The Morgan fingerprint density at radius 2 is 2.31 bits per heavy atom. The maximum Gasteiger partial charge on any atom is 0.213 e. The van der Waals surface area contributed by atoms with Gasteiger partial charge in [-0.15, -0.1) is 0 Å².